The van der Waals surface area contributed by atoms with Crippen LogP contribution in [0.3, 0.4) is 0 Å². The first-order valence-corrected chi connectivity index (χ1v) is 5.39. The molecule has 3 nitrogen and oxygen atoms in total. The van der Waals surface area contributed by atoms with Gasteiger partial charge in [0.25, 0.3) is 0 Å². The molecule has 0 bridgehead atoms. The fourth-order valence-corrected chi connectivity index (χ4v) is 1.74. The Morgan fingerprint density at radius 1 is 1.53 bits per heavy atom. The van der Waals surface area contributed by atoms with Crippen molar-refractivity contribution in [2.24, 2.45) is 0 Å². The van der Waals surface area contributed by atoms with Crippen molar-refractivity contribution < 1.29 is 0 Å². The summed E-state index contributed by atoms with van der Waals surface area (Å²) in [4.78, 5) is 7.48. The van der Waals surface area contributed by atoms with Crippen molar-refractivity contribution in [1.82, 2.24) is 15.3 Å². The van der Waals surface area contributed by atoms with Crippen LogP contribution >= 0.6 is 0 Å². The fraction of sp³-hybridized carbons (Fsp3) is 0.417. The highest BCUT2D eigenvalue weighted by Crippen LogP contribution is 2.17. The Morgan fingerprint density at radius 3 is 3.20 bits per heavy atom. The maximum absolute atomic E-state index is 4.28. The molecule has 0 aliphatic heterocycles. The Balaban J connectivity index is 2.14. The molecule has 80 valence electrons. The third-order valence-corrected chi connectivity index (χ3v) is 2.88. The first kappa shape index (κ1) is 10.2. The molecule has 0 spiro atoms. The van der Waals surface area contributed by atoms with E-state index in [1.165, 1.54) is 10.9 Å². The van der Waals surface area contributed by atoms with Crippen LogP contribution < -0.4 is 5.32 Å². The first-order chi connectivity index (χ1) is 7.31. The Morgan fingerprint density at radius 2 is 2.40 bits per heavy atom. The van der Waals surface area contributed by atoms with Gasteiger partial charge in [0.1, 0.15) is 5.65 Å². The molecule has 0 saturated carbocycles. The molecule has 2 aromatic heterocycles. The van der Waals surface area contributed by atoms with Crippen LogP contribution in [0.1, 0.15) is 18.9 Å². The van der Waals surface area contributed by atoms with E-state index in [0.29, 0.717) is 6.04 Å². The lowest BCUT2D eigenvalue weighted by atomic mass is 10.1. The smallest absolute Gasteiger partial charge is 0.137 e. The fourth-order valence-electron chi connectivity index (χ4n) is 1.74. The number of hydrogen-bond acceptors (Lipinski definition) is 2. The largest absolute Gasteiger partial charge is 0.346 e. The lowest BCUT2D eigenvalue weighted by Gasteiger charge is -2.08. The quantitative estimate of drug-likeness (QED) is 0.799. The van der Waals surface area contributed by atoms with Crippen LogP contribution in [0.2, 0.25) is 0 Å². The second kappa shape index (κ2) is 4.45. The van der Waals surface area contributed by atoms with Crippen LogP contribution in [0, 0.1) is 0 Å². The maximum Gasteiger partial charge on any atom is 0.137 e. The molecule has 0 aliphatic carbocycles. The van der Waals surface area contributed by atoms with E-state index in [2.05, 4.69) is 34.5 Å². The third kappa shape index (κ3) is 2.18. The van der Waals surface area contributed by atoms with Gasteiger partial charge < -0.3 is 10.3 Å². The van der Waals surface area contributed by atoms with Crippen molar-refractivity contribution in [3.63, 3.8) is 0 Å². The number of fused-ring (bicyclic) bond motifs is 1. The van der Waals surface area contributed by atoms with Crippen LogP contribution in [-0.2, 0) is 6.42 Å². The minimum absolute atomic E-state index is 0.562. The third-order valence-electron chi connectivity index (χ3n) is 2.88. The van der Waals surface area contributed by atoms with Gasteiger partial charge in [0.05, 0.1) is 0 Å². The molecule has 0 fully saturated rings. The van der Waals surface area contributed by atoms with Crippen LogP contribution in [0.15, 0.2) is 24.5 Å². The highest BCUT2D eigenvalue weighted by Gasteiger charge is 2.05. The highest BCUT2D eigenvalue weighted by atomic mass is 14.9. The molecular formula is C12H17N3. The summed E-state index contributed by atoms with van der Waals surface area (Å²) in [5.74, 6) is 0. The molecule has 2 rings (SSSR count). The average Bonchev–Trinajstić information content (AvgIpc) is 2.69. The summed E-state index contributed by atoms with van der Waals surface area (Å²) in [5, 5.41) is 4.50. The Bertz CT molecular complexity index is 433. The molecule has 2 N–H and O–H groups in total. The van der Waals surface area contributed by atoms with Crippen LogP contribution in [-0.4, -0.2) is 23.1 Å². The molecule has 0 amide bonds. The van der Waals surface area contributed by atoms with E-state index in [1.54, 1.807) is 0 Å². The van der Waals surface area contributed by atoms with Crippen molar-refractivity contribution in [2.45, 2.75) is 25.8 Å². The molecule has 1 atom stereocenters. The van der Waals surface area contributed by atoms with Gasteiger partial charge in [-0.3, -0.25) is 0 Å². The van der Waals surface area contributed by atoms with Crippen molar-refractivity contribution in [3.8, 4) is 0 Å². The topological polar surface area (TPSA) is 40.7 Å². The zero-order chi connectivity index (χ0) is 10.7. The minimum Gasteiger partial charge on any atom is -0.346 e. The summed E-state index contributed by atoms with van der Waals surface area (Å²) < 4.78 is 0. The van der Waals surface area contributed by atoms with E-state index in [4.69, 9.17) is 0 Å². The average molecular weight is 203 g/mol. The normalized spacial score (nSPS) is 13.2. The lowest BCUT2D eigenvalue weighted by Crippen LogP contribution is -2.21. The van der Waals surface area contributed by atoms with E-state index in [-0.39, 0.29) is 0 Å². The van der Waals surface area contributed by atoms with Crippen molar-refractivity contribution in [1.29, 1.82) is 0 Å². The van der Waals surface area contributed by atoms with E-state index in [1.807, 2.05) is 19.3 Å². The molecular weight excluding hydrogens is 186 g/mol. The van der Waals surface area contributed by atoms with Crippen LogP contribution in [0.25, 0.3) is 11.0 Å². The standard InChI is InChI=1S/C12H17N3/c1-9(13-2)5-6-10-8-15-12-11(10)4-3-7-14-12/h3-4,7-9,13H,5-6H2,1-2H3,(H,14,15). The number of nitrogens with one attached hydrogen (secondary N) is 2. The van der Waals surface area contributed by atoms with E-state index in [9.17, 15) is 0 Å². The molecule has 3 heteroatoms. The minimum atomic E-state index is 0.562. The van der Waals surface area contributed by atoms with Gasteiger partial charge in [-0.25, -0.2) is 4.98 Å². The molecule has 0 aromatic carbocycles. The predicted molar refractivity (Wildman–Crippen MR) is 62.9 cm³/mol. The van der Waals surface area contributed by atoms with Crippen molar-refractivity contribution in [3.05, 3.63) is 30.1 Å². The van der Waals surface area contributed by atoms with Gasteiger partial charge in [-0.2, -0.15) is 0 Å². The highest BCUT2D eigenvalue weighted by molar-refractivity contribution is 5.79. The van der Waals surface area contributed by atoms with Crippen LogP contribution in [0.5, 0.6) is 0 Å². The van der Waals surface area contributed by atoms with Crippen molar-refractivity contribution >= 4 is 11.0 Å². The number of H-pyrrole nitrogens is 1. The van der Waals surface area contributed by atoms with Gasteiger partial charge in [-0.05, 0) is 44.5 Å². The number of aromatic nitrogens is 2. The van der Waals surface area contributed by atoms with Gasteiger partial charge in [0.15, 0.2) is 0 Å². The number of nitrogens with zero attached hydrogens (tertiary/aromatic N) is 1. The number of aromatic amines is 1. The molecule has 2 heterocycles. The molecule has 0 radical (unpaired) electrons. The SMILES string of the molecule is CNC(C)CCc1c[nH]c2ncccc12. The van der Waals surface area contributed by atoms with E-state index >= 15 is 0 Å². The Kier molecular flexibility index (Phi) is 3.02. The van der Waals surface area contributed by atoms with E-state index < -0.39 is 0 Å². The second-order valence-electron chi connectivity index (χ2n) is 3.94. The summed E-state index contributed by atoms with van der Waals surface area (Å²) in [7, 11) is 2.00. The summed E-state index contributed by atoms with van der Waals surface area (Å²) >= 11 is 0. The number of rotatable bonds is 4. The molecule has 0 aliphatic rings. The lowest BCUT2D eigenvalue weighted by molar-refractivity contribution is 0.566. The van der Waals surface area contributed by atoms with Crippen LogP contribution in [0.4, 0.5) is 0 Å². The van der Waals surface area contributed by atoms with Gasteiger partial charge >= 0.3 is 0 Å². The number of hydrogen-bond donors (Lipinski definition) is 2. The summed E-state index contributed by atoms with van der Waals surface area (Å²) in [6.07, 6.45) is 6.13. The Labute approximate surface area is 89.9 Å². The van der Waals surface area contributed by atoms with Gasteiger partial charge in [0, 0.05) is 23.8 Å². The number of aryl methyl sites for hydroxylation is 1. The monoisotopic (exact) mass is 203 g/mol. The predicted octanol–water partition coefficient (Wildman–Crippen LogP) is 2.10. The van der Waals surface area contributed by atoms with Crippen molar-refractivity contribution in [2.75, 3.05) is 7.05 Å². The van der Waals surface area contributed by atoms with Gasteiger partial charge in [-0.1, -0.05) is 0 Å². The zero-order valence-electron chi connectivity index (χ0n) is 9.25. The molecule has 1 unspecified atom stereocenters. The molecule has 2 aromatic rings. The van der Waals surface area contributed by atoms with Gasteiger partial charge in [-0.15, -0.1) is 0 Å². The Hall–Kier alpha value is -1.35. The van der Waals surface area contributed by atoms with E-state index in [0.717, 1.165) is 18.5 Å². The van der Waals surface area contributed by atoms with Gasteiger partial charge in [0.2, 0.25) is 0 Å². The molecule has 0 saturated heterocycles. The maximum atomic E-state index is 4.28. The second-order valence-corrected chi connectivity index (χ2v) is 3.94. The summed E-state index contributed by atoms with van der Waals surface area (Å²) in [6.45, 7) is 2.20. The first-order valence-electron chi connectivity index (χ1n) is 5.39. The summed E-state index contributed by atoms with van der Waals surface area (Å²) in [6, 6.07) is 4.67. The summed E-state index contributed by atoms with van der Waals surface area (Å²) in [5.41, 5.74) is 2.35. The zero-order valence-corrected chi connectivity index (χ0v) is 9.25. The molecule has 15 heavy (non-hydrogen) atoms. The number of pyridine rings is 1.